The normalized spacial score (nSPS) is 11.6. The molecule has 1 aromatic rings. The molecular weight excluding hydrogens is 226 g/mol. The van der Waals surface area contributed by atoms with Gasteiger partial charge in [-0.2, -0.15) is 13.2 Å². The van der Waals surface area contributed by atoms with E-state index in [1.54, 1.807) is 0 Å². The molecule has 2 nitrogen and oxygen atoms in total. The number of hydrogen-bond donors (Lipinski definition) is 1. The summed E-state index contributed by atoms with van der Waals surface area (Å²) in [6.45, 7) is -0.0481. The largest absolute Gasteiger partial charge is 0.417 e. The molecule has 0 aliphatic rings. The molecule has 0 bridgehead atoms. The van der Waals surface area contributed by atoms with Crippen LogP contribution in [0.15, 0.2) is 18.2 Å². The van der Waals surface area contributed by atoms with Gasteiger partial charge in [-0.3, -0.25) is 4.79 Å². The van der Waals surface area contributed by atoms with Crippen LogP contribution in [0.3, 0.4) is 0 Å². The molecule has 2 N–H and O–H groups in total. The maximum Gasteiger partial charge on any atom is 0.417 e. The second kappa shape index (κ2) is 4.61. The van der Waals surface area contributed by atoms with E-state index in [4.69, 9.17) is 5.73 Å². The zero-order valence-electron chi connectivity index (χ0n) is 8.14. The number of alkyl halides is 3. The number of hydrogen-bond acceptors (Lipinski definition) is 2. The Morgan fingerprint density at radius 1 is 1.31 bits per heavy atom. The number of ketones is 1. The summed E-state index contributed by atoms with van der Waals surface area (Å²) in [5, 5.41) is 0. The smallest absolute Gasteiger partial charge is 0.330 e. The number of rotatable bonds is 3. The molecule has 0 saturated carbocycles. The van der Waals surface area contributed by atoms with Crippen LogP contribution >= 0.6 is 0 Å². The molecule has 0 unspecified atom stereocenters. The lowest BCUT2D eigenvalue weighted by molar-refractivity contribution is -0.138. The first kappa shape index (κ1) is 12.6. The molecule has 0 amide bonds. The lowest BCUT2D eigenvalue weighted by Gasteiger charge is -2.11. The van der Waals surface area contributed by atoms with Gasteiger partial charge in [0, 0.05) is 12.0 Å². The van der Waals surface area contributed by atoms with Gasteiger partial charge in [-0.05, 0) is 24.7 Å². The maximum absolute atomic E-state index is 12.7. The highest BCUT2D eigenvalue weighted by atomic mass is 19.4. The zero-order valence-corrected chi connectivity index (χ0v) is 8.14. The van der Waals surface area contributed by atoms with E-state index < -0.39 is 28.9 Å². The van der Waals surface area contributed by atoms with Crippen LogP contribution in [0.1, 0.15) is 22.3 Å². The summed E-state index contributed by atoms with van der Waals surface area (Å²) in [5.74, 6) is -1.77. The third-order valence-corrected chi connectivity index (χ3v) is 1.96. The van der Waals surface area contributed by atoms with E-state index in [9.17, 15) is 22.4 Å². The van der Waals surface area contributed by atoms with Crippen LogP contribution in [0.25, 0.3) is 0 Å². The summed E-state index contributed by atoms with van der Waals surface area (Å²) in [4.78, 5) is 11.3. The lowest BCUT2D eigenvalue weighted by atomic mass is 10.0. The maximum atomic E-state index is 12.7. The third-order valence-electron chi connectivity index (χ3n) is 1.96. The van der Waals surface area contributed by atoms with Gasteiger partial charge in [0.25, 0.3) is 0 Å². The summed E-state index contributed by atoms with van der Waals surface area (Å²) in [7, 11) is 0. The van der Waals surface area contributed by atoms with Crippen LogP contribution in [0, 0.1) is 5.82 Å². The highest BCUT2D eigenvalue weighted by Crippen LogP contribution is 2.32. The standard InChI is InChI=1S/C10H9F4NO/c11-6-1-2-7(9(16)3-4-15)8(5-6)10(12,13)14/h1-2,5H,3-4,15H2. The predicted molar refractivity (Wildman–Crippen MR) is 49.4 cm³/mol. The van der Waals surface area contributed by atoms with Crippen molar-refractivity contribution >= 4 is 5.78 Å². The molecule has 88 valence electrons. The Morgan fingerprint density at radius 3 is 2.44 bits per heavy atom. The Labute approximate surface area is 89.1 Å². The summed E-state index contributed by atoms with van der Waals surface area (Å²) < 4.78 is 50.1. The van der Waals surface area contributed by atoms with Crippen molar-refractivity contribution in [1.82, 2.24) is 0 Å². The number of nitrogens with two attached hydrogens (primary N) is 1. The van der Waals surface area contributed by atoms with Crippen molar-refractivity contribution in [2.75, 3.05) is 6.54 Å². The fraction of sp³-hybridized carbons (Fsp3) is 0.300. The molecule has 1 aromatic carbocycles. The van der Waals surface area contributed by atoms with Gasteiger partial charge in [-0.15, -0.1) is 0 Å². The molecule has 16 heavy (non-hydrogen) atoms. The lowest BCUT2D eigenvalue weighted by Crippen LogP contribution is -2.16. The second-order valence-corrected chi connectivity index (χ2v) is 3.15. The fourth-order valence-corrected chi connectivity index (χ4v) is 1.26. The Hall–Kier alpha value is -1.43. The SMILES string of the molecule is NCCC(=O)c1ccc(F)cc1C(F)(F)F. The van der Waals surface area contributed by atoms with E-state index in [0.717, 1.165) is 12.1 Å². The van der Waals surface area contributed by atoms with Gasteiger partial charge in [-0.1, -0.05) is 0 Å². The van der Waals surface area contributed by atoms with E-state index in [2.05, 4.69) is 0 Å². The average molecular weight is 235 g/mol. The number of benzene rings is 1. The average Bonchev–Trinajstić information content (AvgIpc) is 2.16. The minimum absolute atomic E-state index is 0.0481. The van der Waals surface area contributed by atoms with Crippen LogP contribution < -0.4 is 5.73 Å². The summed E-state index contributed by atoms with van der Waals surface area (Å²) >= 11 is 0. The predicted octanol–water partition coefficient (Wildman–Crippen LogP) is 2.38. The summed E-state index contributed by atoms with van der Waals surface area (Å²) in [6.07, 6.45) is -4.95. The van der Waals surface area contributed by atoms with Gasteiger partial charge in [0.05, 0.1) is 5.56 Å². The molecule has 0 aliphatic heterocycles. The van der Waals surface area contributed by atoms with Crippen LogP contribution in [-0.4, -0.2) is 12.3 Å². The summed E-state index contributed by atoms with van der Waals surface area (Å²) in [6, 6.07) is 1.96. The van der Waals surface area contributed by atoms with E-state index in [1.165, 1.54) is 0 Å². The van der Waals surface area contributed by atoms with Crippen molar-refractivity contribution in [3.8, 4) is 0 Å². The Balaban J connectivity index is 3.23. The van der Waals surface area contributed by atoms with Crippen LogP contribution in [0.2, 0.25) is 0 Å². The molecule has 0 spiro atoms. The van der Waals surface area contributed by atoms with Crippen molar-refractivity contribution in [3.05, 3.63) is 35.1 Å². The molecule has 0 fully saturated rings. The second-order valence-electron chi connectivity index (χ2n) is 3.15. The Morgan fingerprint density at radius 2 is 1.94 bits per heavy atom. The van der Waals surface area contributed by atoms with E-state index in [0.29, 0.717) is 6.07 Å². The molecule has 0 aliphatic carbocycles. The topological polar surface area (TPSA) is 43.1 Å². The molecule has 0 radical (unpaired) electrons. The van der Waals surface area contributed by atoms with Crippen molar-refractivity contribution in [2.24, 2.45) is 5.73 Å². The minimum atomic E-state index is -4.75. The quantitative estimate of drug-likeness (QED) is 0.645. The summed E-state index contributed by atoms with van der Waals surface area (Å²) in [5.41, 5.74) is 3.28. The first-order valence-electron chi connectivity index (χ1n) is 4.46. The number of carbonyl (C=O) groups excluding carboxylic acids is 1. The van der Waals surface area contributed by atoms with Crippen LogP contribution in [0.4, 0.5) is 17.6 Å². The van der Waals surface area contributed by atoms with Crippen molar-refractivity contribution in [3.63, 3.8) is 0 Å². The zero-order chi connectivity index (χ0) is 12.3. The van der Waals surface area contributed by atoms with E-state index in [-0.39, 0.29) is 13.0 Å². The highest BCUT2D eigenvalue weighted by Gasteiger charge is 2.35. The van der Waals surface area contributed by atoms with E-state index in [1.807, 2.05) is 0 Å². The van der Waals surface area contributed by atoms with Crippen molar-refractivity contribution in [1.29, 1.82) is 0 Å². The van der Waals surface area contributed by atoms with Gasteiger partial charge >= 0.3 is 6.18 Å². The Kier molecular flexibility index (Phi) is 3.64. The highest BCUT2D eigenvalue weighted by molar-refractivity contribution is 5.97. The number of halogens is 4. The molecule has 1 rings (SSSR count). The van der Waals surface area contributed by atoms with Gasteiger partial charge in [0.1, 0.15) is 5.82 Å². The van der Waals surface area contributed by atoms with Gasteiger partial charge in [0.15, 0.2) is 5.78 Å². The molecule has 0 atom stereocenters. The van der Waals surface area contributed by atoms with Gasteiger partial charge in [-0.25, -0.2) is 4.39 Å². The molecule has 6 heteroatoms. The molecule has 0 aromatic heterocycles. The third kappa shape index (κ3) is 2.79. The van der Waals surface area contributed by atoms with Gasteiger partial charge in [0.2, 0.25) is 0 Å². The minimum Gasteiger partial charge on any atom is -0.330 e. The monoisotopic (exact) mass is 235 g/mol. The van der Waals surface area contributed by atoms with Crippen molar-refractivity contribution < 1.29 is 22.4 Å². The van der Waals surface area contributed by atoms with E-state index >= 15 is 0 Å². The fourth-order valence-electron chi connectivity index (χ4n) is 1.26. The molecule has 0 saturated heterocycles. The molecular formula is C10H9F4NO. The molecule has 0 heterocycles. The Bertz CT molecular complexity index is 400. The van der Waals surface area contributed by atoms with Crippen molar-refractivity contribution in [2.45, 2.75) is 12.6 Å². The first-order valence-corrected chi connectivity index (χ1v) is 4.46. The van der Waals surface area contributed by atoms with Crippen LogP contribution in [-0.2, 0) is 6.18 Å². The number of carbonyl (C=O) groups is 1. The first-order chi connectivity index (χ1) is 7.36. The number of Topliss-reactive ketones (excluding diaryl/α,β-unsaturated/α-hetero) is 1. The van der Waals surface area contributed by atoms with Crippen LogP contribution in [0.5, 0.6) is 0 Å². The van der Waals surface area contributed by atoms with Gasteiger partial charge < -0.3 is 5.73 Å².